The van der Waals surface area contributed by atoms with Crippen LogP contribution < -0.4 is 23.8 Å². The molecule has 0 atom stereocenters. The summed E-state index contributed by atoms with van der Waals surface area (Å²) in [5.74, 6) is 0.516. The van der Waals surface area contributed by atoms with Crippen molar-refractivity contribution in [2.24, 2.45) is 0 Å². The van der Waals surface area contributed by atoms with Crippen molar-refractivity contribution in [1.29, 1.82) is 0 Å². The highest BCUT2D eigenvalue weighted by molar-refractivity contribution is 7.93. The molecule has 0 spiro atoms. The van der Waals surface area contributed by atoms with Crippen LogP contribution in [0.3, 0.4) is 0 Å². The average molecular weight is 618 g/mol. The molecule has 11 nitrogen and oxygen atoms in total. The fourth-order valence-electron chi connectivity index (χ4n) is 4.52. The minimum atomic E-state index is -4.15. The van der Waals surface area contributed by atoms with Crippen LogP contribution in [-0.2, 0) is 24.8 Å². The second kappa shape index (κ2) is 13.9. The van der Waals surface area contributed by atoms with Crippen molar-refractivity contribution in [2.75, 3.05) is 51.3 Å². The maximum absolute atomic E-state index is 13.6. The number of hydrogen-bond donors (Lipinski definition) is 1. The van der Waals surface area contributed by atoms with Crippen molar-refractivity contribution in [1.82, 2.24) is 9.62 Å². The number of sulfonamides is 2. The van der Waals surface area contributed by atoms with Gasteiger partial charge >= 0.3 is 0 Å². The van der Waals surface area contributed by atoms with E-state index >= 15 is 0 Å². The van der Waals surface area contributed by atoms with Gasteiger partial charge in [0, 0.05) is 19.2 Å². The molecule has 3 aromatic rings. The number of methoxy groups -OCH3 is 2. The highest BCUT2D eigenvalue weighted by Gasteiger charge is 2.30. The maximum atomic E-state index is 13.6. The van der Waals surface area contributed by atoms with E-state index in [0.717, 1.165) is 23.6 Å². The summed E-state index contributed by atoms with van der Waals surface area (Å²) < 4.78 is 71.8. The number of ether oxygens (including phenoxy) is 3. The third-order valence-corrected chi connectivity index (χ3v) is 10.4. The van der Waals surface area contributed by atoms with Crippen molar-refractivity contribution >= 4 is 31.6 Å². The van der Waals surface area contributed by atoms with Crippen LogP contribution in [0.5, 0.6) is 17.2 Å². The van der Waals surface area contributed by atoms with E-state index in [1.807, 2.05) is 0 Å². The Labute approximate surface area is 247 Å². The van der Waals surface area contributed by atoms with Gasteiger partial charge in [0.1, 0.15) is 30.4 Å². The third-order valence-electron chi connectivity index (χ3n) is 6.74. The third kappa shape index (κ3) is 7.33. The van der Waals surface area contributed by atoms with Crippen molar-refractivity contribution in [3.8, 4) is 17.2 Å². The summed E-state index contributed by atoms with van der Waals surface area (Å²) in [4.78, 5) is 13.2. The molecular weight excluding hydrogens is 582 g/mol. The first-order valence-electron chi connectivity index (χ1n) is 13.5. The van der Waals surface area contributed by atoms with Gasteiger partial charge in [-0.3, -0.25) is 9.10 Å². The topological polar surface area (TPSA) is 132 Å². The van der Waals surface area contributed by atoms with Gasteiger partial charge in [0.25, 0.3) is 10.0 Å². The van der Waals surface area contributed by atoms with Crippen LogP contribution in [0.4, 0.5) is 5.69 Å². The van der Waals surface area contributed by atoms with E-state index in [2.05, 4.69) is 5.32 Å². The number of piperidine rings is 1. The molecule has 1 aliphatic heterocycles. The first kappa shape index (κ1) is 31.1. The molecule has 226 valence electrons. The number of anilines is 1. The smallest absolute Gasteiger partial charge is 0.264 e. The zero-order valence-corrected chi connectivity index (χ0v) is 25.2. The minimum Gasteiger partial charge on any atom is -0.497 e. The van der Waals surface area contributed by atoms with Crippen molar-refractivity contribution in [3.63, 3.8) is 0 Å². The Morgan fingerprint density at radius 3 is 2.14 bits per heavy atom. The Morgan fingerprint density at radius 1 is 0.833 bits per heavy atom. The molecule has 0 saturated carbocycles. The molecule has 0 aromatic heterocycles. The molecule has 0 bridgehead atoms. The number of carbonyl (C=O) groups excluding carboxylic acids is 1. The molecule has 1 amide bonds. The summed E-state index contributed by atoms with van der Waals surface area (Å²) in [6, 6.07) is 18.6. The molecule has 4 rings (SSSR count). The van der Waals surface area contributed by atoms with Gasteiger partial charge in [-0.05, 0) is 61.4 Å². The van der Waals surface area contributed by atoms with E-state index in [9.17, 15) is 21.6 Å². The zero-order chi connectivity index (χ0) is 30.2. The summed E-state index contributed by atoms with van der Waals surface area (Å²) in [7, 11) is -4.83. The lowest BCUT2D eigenvalue weighted by Crippen LogP contribution is -2.42. The predicted molar refractivity (Wildman–Crippen MR) is 158 cm³/mol. The molecule has 0 radical (unpaired) electrons. The van der Waals surface area contributed by atoms with E-state index < -0.39 is 32.5 Å². The number of carbonyl (C=O) groups is 1. The highest BCUT2D eigenvalue weighted by atomic mass is 32.2. The van der Waals surface area contributed by atoms with Crippen molar-refractivity contribution in [2.45, 2.75) is 29.1 Å². The highest BCUT2D eigenvalue weighted by Crippen LogP contribution is 2.35. The first-order valence-corrected chi connectivity index (χ1v) is 16.3. The molecule has 13 heteroatoms. The molecule has 1 fully saturated rings. The van der Waals surface area contributed by atoms with Crippen LogP contribution in [0, 0.1) is 0 Å². The van der Waals surface area contributed by atoms with Crippen LogP contribution in [0.25, 0.3) is 0 Å². The lowest BCUT2D eigenvalue weighted by atomic mass is 10.2. The van der Waals surface area contributed by atoms with Gasteiger partial charge in [0.2, 0.25) is 15.9 Å². The van der Waals surface area contributed by atoms with E-state index in [1.165, 1.54) is 48.9 Å². The molecule has 0 aliphatic carbocycles. The molecule has 1 saturated heterocycles. The Kier molecular flexibility index (Phi) is 10.3. The number of rotatable bonds is 13. The largest absolute Gasteiger partial charge is 0.497 e. The molecule has 42 heavy (non-hydrogen) atoms. The van der Waals surface area contributed by atoms with Crippen molar-refractivity contribution in [3.05, 3.63) is 72.8 Å². The molecule has 1 heterocycles. The van der Waals surface area contributed by atoms with Gasteiger partial charge in [-0.2, -0.15) is 4.31 Å². The Bertz CT molecular complexity index is 1560. The quantitative estimate of drug-likeness (QED) is 0.289. The standard InChI is InChI=1S/C29H35N3O8S2/c1-38-24-13-16-28(39-2)27(21-24)32(42(36,37)25-9-5-3-6-10-25)22-29(33)30-17-20-40-23-11-14-26(15-12-23)41(34,35)31-18-7-4-8-19-31/h3,5-6,9-16,21H,4,7-8,17-20,22H2,1-2H3,(H,30,33). The summed E-state index contributed by atoms with van der Waals surface area (Å²) in [6.45, 7) is 0.687. The summed E-state index contributed by atoms with van der Waals surface area (Å²) >= 11 is 0. The molecule has 3 aromatic carbocycles. The second-order valence-electron chi connectivity index (χ2n) is 9.50. The van der Waals surface area contributed by atoms with Gasteiger partial charge in [0.15, 0.2) is 0 Å². The molecule has 1 aliphatic rings. The number of benzene rings is 3. The fraction of sp³-hybridized carbons (Fsp3) is 0.345. The molecule has 1 N–H and O–H groups in total. The average Bonchev–Trinajstić information content (AvgIpc) is 3.02. The molecular formula is C29H35N3O8S2. The van der Waals surface area contributed by atoms with Gasteiger partial charge < -0.3 is 19.5 Å². The van der Waals surface area contributed by atoms with Crippen LogP contribution in [0.1, 0.15) is 19.3 Å². The van der Waals surface area contributed by atoms with Crippen molar-refractivity contribution < 1.29 is 35.8 Å². The lowest BCUT2D eigenvalue weighted by Gasteiger charge is -2.26. The van der Waals surface area contributed by atoms with Gasteiger partial charge in [0.05, 0.1) is 36.2 Å². The fourth-order valence-corrected chi connectivity index (χ4v) is 7.48. The predicted octanol–water partition coefficient (Wildman–Crippen LogP) is 3.27. The Morgan fingerprint density at radius 2 is 1.50 bits per heavy atom. The van der Waals surface area contributed by atoms with Gasteiger partial charge in [-0.25, -0.2) is 16.8 Å². The number of nitrogens with one attached hydrogen (secondary N) is 1. The van der Waals surface area contributed by atoms with Crippen LogP contribution >= 0.6 is 0 Å². The summed E-state index contributed by atoms with van der Waals surface area (Å²) in [5.41, 5.74) is 0.145. The minimum absolute atomic E-state index is 0.0109. The summed E-state index contributed by atoms with van der Waals surface area (Å²) in [5, 5.41) is 2.68. The van der Waals surface area contributed by atoms with E-state index in [4.69, 9.17) is 14.2 Å². The zero-order valence-electron chi connectivity index (χ0n) is 23.6. The number of amides is 1. The van der Waals surface area contributed by atoms with E-state index in [0.29, 0.717) is 24.6 Å². The van der Waals surface area contributed by atoms with E-state index in [1.54, 1.807) is 42.5 Å². The molecule has 0 unspecified atom stereocenters. The SMILES string of the molecule is COc1ccc(OC)c(N(CC(=O)NCCOc2ccc(S(=O)(=O)N3CCCCC3)cc2)S(=O)(=O)c2ccccc2)c1. The van der Waals surface area contributed by atoms with E-state index in [-0.39, 0.29) is 34.4 Å². The van der Waals surface area contributed by atoms with Gasteiger partial charge in [-0.1, -0.05) is 24.6 Å². The van der Waals surface area contributed by atoms with Crippen LogP contribution in [0.15, 0.2) is 82.6 Å². The number of nitrogens with zero attached hydrogens (tertiary/aromatic N) is 2. The normalized spacial score (nSPS) is 14.1. The maximum Gasteiger partial charge on any atom is 0.264 e. The van der Waals surface area contributed by atoms with Gasteiger partial charge in [-0.15, -0.1) is 0 Å². The first-order chi connectivity index (χ1) is 20.2. The van der Waals surface area contributed by atoms with Crippen LogP contribution in [-0.4, -0.2) is 74.1 Å². The number of hydrogen-bond acceptors (Lipinski definition) is 8. The Balaban J connectivity index is 1.40. The lowest BCUT2D eigenvalue weighted by molar-refractivity contribution is -0.119. The van der Waals surface area contributed by atoms with Crippen LogP contribution in [0.2, 0.25) is 0 Å². The Hall–Kier alpha value is -3.81. The monoisotopic (exact) mass is 617 g/mol. The summed E-state index contributed by atoms with van der Waals surface area (Å²) in [6.07, 6.45) is 2.75. The second-order valence-corrected chi connectivity index (χ2v) is 13.3.